The Hall–Kier alpha value is -2.93. The number of nitrogens with one attached hydrogen (secondary N) is 1. The van der Waals surface area contributed by atoms with Crippen molar-refractivity contribution < 1.29 is 14.3 Å². The first-order valence-corrected chi connectivity index (χ1v) is 8.50. The SMILES string of the molecule is COc1ccc(C2=CCOCC2)c2c1CC(NC(=O)c1cnn(C)c1)=N2. The van der Waals surface area contributed by atoms with Gasteiger partial charge in [-0.15, -0.1) is 0 Å². The number of carbonyl (C=O) groups is 1. The smallest absolute Gasteiger partial charge is 0.259 e. The number of methoxy groups -OCH3 is 1. The molecule has 0 bridgehead atoms. The predicted octanol–water partition coefficient (Wildman–Crippen LogP) is 2.25. The molecule has 0 saturated heterocycles. The lowest BCUT2D eigenvalue weighted by molar-refractivity contribution is 0.0976. The minimum atomic E-state index is -0.213. The van der Waals surface area contributed by atoms with Gasteiger partial charge in [0.15, 0.2) is 0 Å². The summed E-state index contributed by atoms with van der Waals surface area (Å²) < 4.78 is 12.5. The molecule has 26 heavy (non-hydrogen) atoms. The summed E-state index contributed by atoms with van der Waals surface area (Å²) in [5.74, 6) is 1.19. The van der Waals surface area contributed by atoms with Crippen LogP contribution in [0.3, 0.4) is 0 Å². The Bertz CT molecular complexity index is 927. The summed E-state index contributed by atoms with van der Waals surface area (Å²) in [6.45, 7) is 1.32. The molecule has 1 aromatic heterocycles. The summed E-state index contributed by atoms with van der Waals surface area (Å²) in [5, 5.41) is 6.93. The topological polar surface area (TPSA) is 77.7 Å². The van der Waals surface area contributed by atoms with Gasteiger partial charge in [0.1, 0.15) is 11.6 Å². The van der Waals surface area contributed by atoms with E-state index in [0.717, 1.165) is 29.0 Å². The summed E-state index contributed by atoms with van der Waals surface area (Å²) in [6, 6.07) is 4.00. The van der Waals surface area contributed by atoms with Crippen LogP contribution in [0.4, 0.5) is 5.69 Å². The minimum absolute atomic E-state index is 0.213. The number of ether oxygens (including phenoxy) is 2. The van der Waals surface area contributed by atoms with E-state index in [1.807, 2.05) is 12.1 Å². The highest BCUT2D eigenvalue weighted by atomic mass is 16.5. The molecule has 2 aromatic rings. The number of amidine groups is 1. The van der Waals surface area contributed by atoms with Crippen LogP contribution in [0.2, 0.25) is 0 Å². The maximum atomic E-state index is 12.4. The van der Waals surface area contributed by atoms with Crippen molar-refractivity contribution in [3.63, 3.8) is 0 Å². The first-order chi connectivity index (χ1) is 12.7. The van der Waals surface area contributed by atoms with Gasteiger partial charge in [0.25, 0.3) is 5.91 Å². The van der Waals surface area contributed by atoms with Gasteiger partial charge in [0.05, 0.1) is 37.8 Å². The molecule has 0 fully saturated rings. The van der Waals surface area contributed by atoms with Crippen molar-refractivity contribution in [3.05, 3.63) is 47.3 Å². The molecule has 0 unspecified atom stereocenters. The van der Waals surface area contributed by atoms with Gasteiger partial charge in [-0.05, 0) is 24.1 Å². The first kappa shape index (κ1) is 16.5. The van der Waals surface area contributed by atoms with Crippen LogP contribution in [0.25, 0.3) is 5.57 Å². The fourth-order valence-electron chi connectivity index (χ4n) is 3.29. The number of amides is 1. The number of aryl methyl sites for hydroxylation is 1. The standard InChI is InChI=1S/C19H20N4O3/c1-23-11-13(10-20-23)19(24)22-17-9-15-16(25-2)4-3-14(18(15)21-17)12-5-7-26-8-6-12/h3-5,10-11H,6-9H2,1-2H3,(H,21,22,24). The number of fused-ring (bicyclic) bond motifs is 1. The van der Waals surface area contributed by atoms with Crippen molar-refractivity contribution in [1.82, 2.24) is 15.1 Å². The van der Waals surface area contributed by atoms with Crippen LogP contribution < -0.4 is 10.1 Å². The zero-order chi connectivity index (χ0) is 18.1. The average molecular weight is 352 g/mol. The normalized spacial score (nSPS) is 15.9. The summed E-state index contributed by atoms with van der Waals surface area (Å²) in [7, 11) is 3.42. The monoisotopic (exact) mass is 352 g/mol. The second-order valence-corrected chi connectivity index (χ2v) is 6.29. The average Bonchev–Trinajstić information content (AvgIpc) is 3.27. The molecule has 1 N–H and O–H groups in total. The summed E-state index contributed by atoms with van der Waals surface area (Å²) >= 11 is 0. The molecule has 4 rings (SSSR count). The molecule has 0 spiro atoms. The Balaban J connectivity index is 1.64. The number of aliphatic imine (C=N–C) groups is 1. The van der Waals surface area contributed by atoms with Gasteiger partial charge in [0, 0.05) is 30.8 Å². The van der Waals surface area contributed by atoms with Gasteiger partial charge >= 0.3 is 0 Å². The third-order valence-electron chi connectivity index (χ3n) is 4.58. The van der Waals surface area contributed by atoms with E-state index in [1.165, 1.54) is 11.8 Å². The number of benzene rings is 1. The molecule has 0 aliphatic carbocycles. The Labute approximate surface area is 151 Å². The molecule has 134 valence electrons. The van der Waals surface area contributed by atoms with Gasteiger partial charge in [-0.25, -0.2) is 4.99 Å². The van der Waals surface area contributed by atoms with Gasteiger partial charge < -0.3 is 14.8 Å². The van der Waals surface area contributed by atoms with E-state index in [4.69, 9.17) is 14.5 Å². The van der Waals surface area contributed by atoms with E-state index >= 15 is 0 Å². The Morgan fingerprint density at radius 2 is 2.27 bits per heavy atom. The molecule has 0 atom stereocenters. The Morgan fingerprint density at radius 1 is 1.38 bits per heavy atom. The minimum Gasteiger partial charge on any atom is -0.496 e. The first-order valence-electron chi connectivity index (χ1n) is 8.50. The molecular weight excluding hydrogens is 332 g/mol. The van der Waals surface area contributed by atoms with Crippen LogP contribution in [0.1, 0.15) is 27.9 Å². The molecule has 0 radical (unpaired) electrons. The van der Waals surface area contributed by atoms with E-state index in [9.17, 15) is 4.79 Å². The molecule has 1 aromatic carbocycles. The van der Waals surface area contributed by atoms with Crippen LogP contribution in [0.5, 0.6) is 5.75 Å². The largest absolute Gasteiger partial charge is 0.496 e. The van der Waals surface area contributed by atoms with E-state index in [0.29, 0.717) is 31.0 Å². The summed E-state index contributed by atoms with van der Waals surface area (Å²) in [5.41, 5.74) is 4.68. The Kier molecular flexibility index (Phi) is 4.30. The van der Waals surface area contributed by atoms with Gasteiger partial charge in [-0.3, -0.25) is 9.48 Å². The molecular formula is C19H20N4O3. The zero-order valence-corrected chi connectivity index (χ0v) is 14.8. The molecule has 3 heterocycles. The molecule has 2 aliphatic heterocycles. The molecule has 7 nitrogen and oxygen atoms in total. The second kappa shape index (κ2) is 6.76. The van der Waals surface area contributed by atoms with E-state index in [1.54, 1.807) is 25.0 Å². The number of nitrogens with zero attached hydrogens (tertiary/aromatic N) is 3. The lowest BCUT2D eigenvalue weighted by Gasteiger charge is -2.16. The van der Waals surface area contributed by atoms with E-state index in [-0.39, 0.29) is 5.91 Å². The fraction of sp³-hybridized carbons (Fsp3) is 0.316. The fourth-order valence-corrected chi connectivity index (χ4v) is 3.29. The highest BCUT2D eigenvalue weighted by Crippen LogP contribution is 2.41. The zero-order valence-electron chi connectivity index (χ0n) is 14.8. The Morgan fingerprint density at radius 3 is 2.96 bits per heavy atom. The molecule has 1 amide bonds. The maximum Gasteiger partial charge on any atom is 0.259 e. The quantitative estimate of drug-likeness (QED) is 0.919. The van der Waals surface area contributed by atoms with Crippen LogP contribution >= 0.6 is 0 Å². The highest BCUT2D eigenvalue weighted by molar-refractivity contribution is 6.09. The van der Waals surface area contributed by atoms with E-state index in [2.05, 4.69) is 16.5 Å². The van der Waals surface area contributed by atoms with Gasteiger partial charge in [0.2, 0.25) is 0 Å². The van der Waals surface area contributed by atoms with Gasteiger partial charge in [-0.2, -0.15) is 5.10 Å². The third-order valence-corrected chi connectivity index (χ3v) is 4.58. The lowest BCUT2D eigenvalue weighted by Crippen LogP contribution is -2.30. The maximum absolute atomic E-state index is 12.4. The number of carbonyl (C=O) groups excluding carboxylic acids is 1. The number of hydrogen-bond donors (Lipinski definition) is 1. The molecule has 2 aliphatic rings. The second-order valence-electron chi connectivity index (χ2n) is 6.29. The number of aromatic nitrogens is 2. The third kappa shape index (κ3) is 3.01. The lowest BCUT2D eigenvalue weighted by atomic mass is 9.96. The molecule has 0 saturated carbocycles. The van der Waals surface area contributed by atoms with Crippen molar-refractivity contribution in [1.29, 1.82) is 0 Å². The highest BCUT2D eigenvalue weighted by Gasteiger charge is 2.25. The number of rotatable bonds is 3. The predicted molar refractivity (Wildman–Crippen MR) is 97.9 cm³/mol. The summed E-state index contributed by atoms with van der Waals surface area (Å²) in [6.07, 6.45) is 6.69. The summed E-state index contributed by atoms with van der Waals surface area (Å²) in [4.78, 5) is 17.1. The van der Waals surface area contributed by atoms with Crippen LogP contribution in [0, 0.1) is 0 Å². The van der Waals surface area contributed by atoms with Gasteiger partial charge in [-0.1, -0.05) is 6.08 Å². The van der Waals surface area contributed by atoms with Crippen LogP contribution in [0.15, 0.2) is 35.6 Å². The van der Waals surface area contributed by atoms with Crippen molar-refractivity contribution >= 4 is 23.0 Å². The van der Waals surface area contributed by atoms with Crippen molar-refractivity contribution in [2.24, 2.45) is 12.0 Å². The van der Waals surface area contributed by atoms with Crippen molar-refractivity contribution in [2.75, 3.05) is 20.3 Å². The molecule has 7 heteroatoms. The van der Waals surface area contributed by atoms with E-state index < -0.39 is 0 Å². The van der Waals surface area contributed by atoms with Crippen molar-refractivity contribution in [2.45, 2.75) is 12.8 Å². The number of hydrogen-bond acceptors (Lipinski definition) is 5. The van der Waals surface area contributed by atoms with Crippen LogP contribution in [-0.4, -0.2) is 41.8 Å². The van der Waals surface area contributed by atoms with Crippen LogP contribution in [-0.2, 0) is 18.2 Å². The van der Waals surface area contributed by atoms with Crippen molar-refractivity contribution in [3.8, 4) is 5.75 Å².